The van der Waals surface area contributed by atoms with E-state index < -0.39 is 0 Å². The van der Waals surface area contributed by atoms with E-state index in [4.69, 9.17) is 9.97 Å². The molecular weight excluding hydrogens is 866 g/mol. The van der Waals surface area contributed by atoms with Gasteiger partial charge in [-0.15, -0.1) is 0 Å². The molecule has 0 amide bonds. The zero-order valence-corrected chi connectivity index (χ0v) is 47.0. The second-order valence-corrected chi connectivity index (χ2v) is 25.3. The Morgan fingerprint density at radius 2 is 0.612 bits per heavy atom. The summed E-state index contributed by atoms with van der Waals surface area (Å²) in [6.45, 7) is 42.1. The van der Waals surface area contributed by atoms with E-state index in [1.807, 2.05) is 0 Å². The van der Waals surface area contributed by atoms with Gasteiger partial charge in [-0.1, -0.05) is 167 Å². The summed E-state index contributed by atoms with van der Waals surface area (Å²) in [5.74, 6) is 0. The van der Waals surface area contributed by atoms with Gasteiger partial charge in [0.15, 0.2) is 0 Å². The van der Waals surface area contributed by atoms with Crippen molar-refractivity contribution in [1.82, 2.24) is 19.5 Å². The van der Waals surface area contributed by atoms with Crippen molar-refractivity contribution in [3.05, 3.63) is 147 Å². The molecule has 0 radical (unpaired) electrons. The number of benzene rings is 3. The van der Waals surface area contributed by atoms with Crippen LogP contribution in [0.5, 0.6) is 0 Å². The van der Waals surface area contributed by atoms with Gasteiger partial charge in [0, 0.05) is 47.3 Å². The number of aromatic nitrogens is 4. The number of fused-ring (bicyclic) bond motifs is 8. The molecule has 3 aromatic carbocycles. The summed E-state index contributed by atoms with van der Waals surface area (Å²) in [4.78, 5) is 14.2. The Balaban J connectivity index is 0.00000666. The van der Waals surface area contributed by atoms with E-state index >= 15 is 0 Å². The minimum atomic E-state index is -0.103. The van der Waals surface area contributed by atoms with Crippen LogP contribution in [0, 0.1) is 0 Å². The maximum atomic E-state index is 5.33. The Hall–Kier alpha value is -5.12. The minimum absolute atomic E-state index is 0. The molecule has 1 N–H and O–H groups in total. The predicted molar refractivity (Wildman–Crippen MR) is 287 cm³/mol. The summed E-state index contributed by atoms with van der Waals surface area (Å²) in [6, 6.07) is 35.2. The van der Waals surface area contributed by atoms with E-state index in [2.05, 4.69) is 249 Å². The van der Waals surface area contributed by atoms with Gasteiger partial charge >= 0.3 is 0 Å². The van der Waals surface area contributed by atoms with E-state index in [0.29, 0.717) is 0 Å². The van der Waals surface area contributed by atoms with Gasteiger partial charge in [-0.05, 0) is 150 Å². The first-order valence-corrected chi connectivity index (χ1v) is 24.1. The quantitative estimate of drug-likeness (QED) is 0.179. The van der Waals surface area contributed by atoms with Gasteiger partial charge in [-0.2, -0.15) is 0 Å². The molecule has 6 aromatic rings. The molecule has 0 aliphatic carbocycles. The molecule has 0 spiro atoms. The fraction of sp³-hybridized carbons (Fsp3) is 0.387. The van der Waals surface area contributed by atoms with Crippen LogP contribution in [-0.2, 0) is 52.0 Å². The first kappa shape index (κ1) is 49.8. The summed E-state index contributed by atoms with van der Waals surface area (Å²) in [6.07, 6.45) is 8.62. The van der Waals surface area contributed by atoms with Crippen molar-refractivity contribution in [2.45, 2.75) is 157 Å². The average molecular weight is 941 g/mol. The molecule has 0 fully saturated rings. The van der Waals surface area contributed by atoms with Gasteiger partial charge in [-0.25, -0.2) is 9.97 Å². The molecule has 8 rings (SSSR count). The van der Waals surface area contributed by atoms with Gasteiger partial charge < -0.3 is 9.55 Å². The molecule has 2 aliphatic rings. The zero-order chi connectivity index (χ0) is 48.1. The fourth-order valence-electron chi connectivity index (χ4n) is 8.93. The van der Waals surface area contributed by atoms with E-state index in [0.717, 1.165) is 50.5 Å². The number of aromatic amines is 1. The summed E-state index contributed by atoms with van der Waals surface area (Å²) in [5.41, 5.74) is 20.9. The molecule has 3 aromatic heterocycles. The van der Waals surface area contributed by atoms with Crippen LogP contribution in [-0.4, -0.2) is 19.5 Å². The number of rotatable bonds is 3. The standard InChI is InChI=1S/C62H74N4.Zn/c1-57(2,3)40-25-38(26-41(29-40)58(4,5)6)55-53-36-50-23-21-48(64-50)34-46-19-20-47(63-46)35-49-22-24-51(65-49)37-54(56(55)39-27-42(59(7,8)9)30-43(28-39)60(10,11)12)66(53)52-32-44(61(13,14)15)31-45(33-52)62(16,17)18;/h19-37,63H,1-18H3;. The van der Waals surface area contributed by atoms with Crippen LogP contribution in [0.15, 0.2) is 91.0 Å². The number of nitrogens with zero attached hydrogens (tertiary/aromatic N) is 3. The van der Waals surface area contributed by atoms with Crippen molar-refractivity contribution in [3.8, 4) is 27.9 Å². The minimum Gasteiger partial charge on any atom is -0.355 e. The molecule has 0 saturated heterocycles. The van der Waals surface area contributed by atoms with Crippen LogP contribution in [0.25, 0.3) is 74.3 Å². The third-order valence-corrected chi connectivity index (χ3v) is 13.3. The van der Waals surface area contributed by atoms with E-state index in [9.17, 15) is 0 Å². The number of nitrogens with one attached hydrogen (secondary N) is 1. The van der Waals surface area contributed by atoms with Crippen LogP contribution in [0.3, 0.4) is 0 Å². The molecule has 344 valence electrons. The molecule has 5 heteroatoms. The first-order valence-electron chi connectivity index (χ1n) is 24.1. The molecular formula is C62H74N4Zn. The van der Waals surface area contributed by atoms with Crippen LogP contribution in [0.4, 0.5) is 0 Å². The summed E-state index contributed by atoms with van der Waals surface area (Å²) < 4.78 is 2.55. The normalized spacial score (nSPS) is 13.6. The maximum absolute atomic E-state index is 5.33. The Morgan fingerprint density at radius 3 is 0.896 bits per heavy atom. The van der Waals surface area contributed by atoms with E-state index in [1.165, 1.54) is 55.6 Å². The third kappa shape index (κ3) is 10.5. The summed E-state index contributed by atoms with van der Waals surface area (Å²) in [5, 5.41) is 0. The summed E-state index contributed by atoms with van der Waals surface area (Å²) >= 11 is 0. The van der Waals surface area contributed by atoms with Crippen molar-refractivity contribution in [1.29, 1.82) is 0 Å². The second kappa shape index (κ2) is 17.1. The SMILES string of the molecule is CC(C)(C)c1cc(-c2c(-c3cc(C(C)(C)C)cc(C(C)(C)C)c3)c3cc4nc(cc5ccc(cc6nc(cc2n3-c2cc(C(C)(C)C)cc(C(C)(C)C)c2)C=C6)[nH]5)C=C4)cc(C(C)(C)C)c1.[Zn]. The van der Waals surface area contributed by atoms with E-state index in [1.54, 1.807) is 0 Å². The van der Waals surface area contributed by atoms with Gasteiger partial charge in [0.05, 0.1) is 33.8 Å². The van der Waals surface area contributed by atoms with Crippen molar-refractivity contribution >= 4 is 46.4 Å². The van der Waals surface area contributed by atoms with Crippen molar-refractivity contribution in [3.63, 3.8) is 0 Å². The predicted octanol–water partition coefficient (Wildman–Crippen LogP) is 17.2. The van der Waals surface area contributed by atoms with Gasteiger partial charge in [0.25, 0.3) is 0 Å². The molecule has 2 aliphatic heterocycles. The fourth-order valence-corrected chi connectivity index (χ4v) is 8.93. The van der Waals surface area contributed by atoms with Crippen LogP contribution < -0.4 is 0 Å². The van der Waals surface area contributed by atoms with Crippen molar-refractivity contribution in [2.75, 3.05) is 0 Å². The molecule has 0 saturated carbocycles. The molecule has 0 unspecified atom stereocenters. The number of H-pyrrole nitrogens is 1. The van der Waals surface area contributed by atoms with Gasteiger partial charge in [0.2, 0.25) is 0 Å². The Morgan fingerprint density at radius 1 is 0.343 bits per heavy atom. The Labute approximate surface area is 415 Å². The number of hydrogen-bond donors (Lipinski definition) is 1. The van der Waals surface area contributed by atoms with Gasteiger partial charge in [-0.3, -0.25) is 0 Å². The zero-order valence-electron chi connectivity index (χ0n) is 44.0. The molecule has 0 atom stereocenters. The third-order valence-electron chi connectivity index (χ3n) is 13.3. The molecule has 8 bridgehead atoms. The maximum Gasteiger partial charge on any atom is 0.0658 e. The Kier molecular flexibility index (Phi) is 12.7. The molecule has 4 nitrogen and oxygen atoms in total. The van der Waals surface area contributed by atoms with Crippen LogP contribution in [0.1, 0.15) is 181 Å². The van der Waals surface area contributed by atoms with E-state index in [-0.39, 0.29) is 52.0 Å². The van der Waals surface area contributed by atoms with Gasteiger partial charge in [0.1, 0.15) is 0 Å². The largest absolute Gasteiger partial charge is 0.355 e. The monoisotopic (exact) mass is 939 g/mol. The van der Waals surface area contributed by atoms with Crippen molar-refractivity contribution < 1.29 is 19.5 Å². The van der Waals surface area contributed by atoms with Crippen LogP contribution >= 0.6 is 0 Å². The first-order chi connectivity index (χ1) is 30.4. The summed E-state index contributed by atoms with van der Waals surface area (Å²) in [7, 11) is 0. The topological polar surface area (TPSA) is 46.5 Å². The Bertz CT molecular complexity index is 2850. The van der Waals surface area contributed by atoms with Crippen molar-refractivity contribution in [2.24, 2.45) is 0 Å². The van der Waals surface area contributed by atoms with Crippen LogP contribution in [0.2, 0.25) is 0 Å². The second-order valence-electron chi connectivity index (χ2n) is 25.3. The molecule has 5 heterocycles. The molecule has 67 heavy (non-hydrogen) atoms. The smallest absolute Gasteiger partial charge is 0.0658 e. The number of hydrogen-bond acceptors (Lipinski definition) is 2. The average Bonchev–Trinajstić information content (AvgIpc) is 4.00.